The molecule has 1 aromatic carbocycles. The van der Waals surface area contributed by atoms with Crippen molar-refractivity contribution in [3.05, 3.63) is 48.3 Å². The summed E-state index contributed by atoms with van der Waals surface area (Å²) < 4.78 is 5.09. The standard InChI is InChI=1S/C15H14N4O/c1-20-9-11-8-13(16)19-15(18-11)14-12-5-3-2-4-10(12)6-7-17-14/h2-8H,9H2,1H3,(H2,16,18,19). The molecule has 0 aliphatic heterocycles. The Kier molecular flexibility index (Phi) is 3.26. The molecular weight excluding hydrogens is 252 g/mol. The van der Waals surface area contributed by atoms with E-state index in [4.69, 9.17) is 10.5 Å². The SMILES string of the molecule is COCc1cc(N)nc(-c2nccc3ccccc23)n1. The van der Waals surface area contributed by atoms with Crippen LogP contribution in [0.5, 0.6) is 0 Å². The van der Waals surface area contributed by atoms with Crippen molar-refractivity contribution >= 4 is 16.6 Å². The molecule has 0 spiro atoms. The van der Waals surface area contributed by atoms with Crippen molar-refractivity contribution in [2.45, 2.75) is 6.61 Å². The number of nitrogen functional groups attached to an aromatic ring is 1. The minimum Gasteiger partial charge on any atom is -0.384 e. The average molecular weight is 266 g/mol. The lowest BCUT2D eigenvalue weighted by Crippen LogP contribution is -2.02. The van der Waals surface area contributed by atoms with E-state index >= 15 is 0 Å². The zero-order valence-electron chi connectivity index (χ0n) is 11.1. The topological polar surface area (TPSA) is 73.9 Å². The van der Waals surface area contributed by atoms with Gasteiger partial charge < -0.3 is 10.5 Å². The van der Waals surface area contributed by atoms with Gasteiger partial charge in [-0.15, -0.1) is 0 Å². The summed E-state index contributed by atoms with van der Waals surface area (Å²) in [5, 5.41) is 2.10. The van der Waals surface area contributed by atoms with Gasteiger partial charge in [0.15, 0.2) is 5.82 Å². The van der Waals surface area contributed by atoms with Gasteiger partial charge in [0.05, 0.1) is 12.3 Å². The molecule has 2 heterocycles. The summed E-state index contributed by atoms with van der Waals surface area (Å²) in [6, 6.07) is 11.7. The van der Waals surface area contributed by atoms with E-state index < -0.39 is 0 Å². The Hall–Kier alpha value is -2.53. The minimum absolute atomic E-state index is 0.393. The number of aromatic nitrogens is 3. The van der Waals surface area contributed by atoms with Gasteiger partial charge in [0.25, 0.3) is 0 Å². The number of rotatable bonds is 3. The van der Waals surface area contributed by atoms with Gasteiger partial charge in [0, 0.05) is 24.8 Å². The Bertz CT molecular complexity index is 752. The first-order valence-electron chi connectivity index (χ1n) is 6.24. The highest BCUT2D eigenvalue weighted by atomic mass is 16.5. The molecule has 3 aromatic rings. The van der Waals surface area contributed by atoms with Gasteiger partial charge in [-0.3, -0.25) is 4.98 Å². The molecule has 0 saturated carbocycles. The zero-order chi connectivity index (χ0) is 13.9. The van der Waals surface area contributed by atoms with E-state index in [-0.39, 0.29) is 0 Å². The van der Waals surface area contributed by atoms with Gasteiger partial charge in [0.2, 0.25) is 0 Å². The Labute approximate surface area is 116 Å². The second kappa shape index (κ2) is 5.22. The number of nitrogens with zero attached hydrogens (tertiary/aromatic N) is 3. The molecule has 0 atom stereocenters. The van der Waals surface area contributed by atoms with Crippen LogP contribution in [0.4, 0.5) is 5.82 Å². The molecule has 0 aliphatic rings. The van der Waals surface area contributed by atoms with Crippen LogP contribution in [0.2, 0.25) is 0 Å². The van der Waals surface area contributed by atoms with Gasteiger partial charge >= 0.3 is 0 Å². The Morgan fingerprint density at radius 1 is 1.15 bits per heavy atom. The Morgan fingerprint density at radius 2 is 2.00 bits per heavy atom. The molecule has 0 amide bonds. The number of benzene rings is 1. The molecule has 5 heteroatoms. The van der Waals surface area contributed by atoms with Crippen molar-refractivity contribution in [1.29, 1.82) is 0 Å². The van der Waals surface area contributed by atoms with Crippen molar-refractivity contribution in [3.63, 3.8) is 0 Å². The summed E-state index contributed by atoms with van der Waals surface area (Å²) in [7, 11) is 1.62. The molecule has 0 saturated heterocycles. The maximum Gasteiger partial charge on any atom is 0.181 e. The third-order valence-electron chi connectivity index (χ3n) is 2.98. The number of ether oxygens (including phenoxy) is 1. The van der Waals surface area contributed by atoms with Crippen LogP contribution in [0.15, 0.2) is 42.6 Å². The van der Waals surface area contributed by atoms with E-state index in [1.54, 1.807) is 19.4 Å². The van der Waals surface area contributed by atoms with Crippen LogP contribution in [-0.2, 0) is 11.3 Å². The molecular formula is C15H14N4O. The molecule has 2 aromatic heterocycles. The second-order valence-corrected chi connectivity index (χ2v) is 4.42. The first-order chi connectivity index (χ1) is 9.78. The molecule has 0 fully saturated rings. The molecule has 3 rings (SSSR count). The van der Waals surface area contributed by atoms with Crippen LogP contribution in [0, 0.1) is 0 Å². The maximum atomic E-state index is 5.84. The number of anilines is 1. The summed E-state index contributed by atoms with van der Waals surface area (Å²) >= 11 is 0. The van der Waals surface area contributed by atoms with E-state index in [9.17, 15) is 0 Å². The maximum absolute atomic E-state index is 5.84. The third-order valence-corrected chi connectivity index (χ3v) is 2.98. The summed E-state index contributed by atoms with van der Waals surface area (Å²) in [5.74, 6) is 0.936. The molecule has 0 bridgehead atoms. The lowest BCUT2D eigenvalue weighted by Gasteiger charge is -2.07. The van der Waals surface area contributed by atoms with Crippen molar-refractivity contribution in [1.82, 2.24) is 15.0 Å². The quantitative estimate of drug-likeness (QED) is 0.788. The molecule has 0 aliphatic carbocycles. The average Bonchev–Trinajstić information content (AvgIpc) is 2.46. The van der Waals surface area contributed by atoms with Crippen LogP contribution in [0.1, 0.15) is 5.69 Å². The zero-order valence-corrected chi connectivity index (χ0v) is 11.1. The van der Waals surface area contributed by atoms with Crippen molar-refractivity contribution in [2.24, 2.45) is 0 Å². The van der Waals surface area contributed by atoms with Gasteiger partial charge in [-0.1, -0.05) is 24.3 Å². The van der Waals surface area contributed by atoms with Crippen LogP contribution in [0.25, 0.3) is 22.3 Å². The molecule has 5 nitrogen and oxygen atoms in total. The third kappa shape index (κ3) is 2.31. The number of hydrogen-bond acceptors (Lipinski definition) is 5. The fraction of sp³-hybridized carbons (Fsp3) is 0.133. The predicted molar refractivity (Wildman–Crippen MR) is 77.9 cm³/mol. The van der Waals surface area contributed by atoms with E-state index in [2.05, 4.69) is 15.0 Å². The van der Waals surface area contributed by atoms with Gasteiger partial charge in [-0.05, 0) is 11.5 Å². The largest absolute Gasteiger partial charge is 0.384 e. The fourth-order valence-electron chi connectivity index (χ4n) is 2.14. The van der Waals surface area contributed by atoms with Crippen LogP contribution in [0.3, 0.4) is 0 Å². The fourth-order valence-corrected chi connectivity index (χ4v) is 2.14. The van der Waals surface area contributed by atoms with Gasteiger partial charge in [-0.2, -0.15) is 0 Å². The smallest absolute Gasteiger partial charge is 0.181 e. The normalized spacial score (nSPS) is 10.8. The highest BCUT2D eigenvalue weighted by Crippen LogP contribution is 2.24. The van der Waals surface area contributed by atoms with Crippen LogP contribution >= 0.6 is 0 Å². The number of fused-ring (bicyclic) bond motifs is 1. The lowest BCUT2D eigenvalue weighted by atomic mass is 10.1. The summed E-state index contributed by atoms with van der Waals surface area (Å²) in [6.45, 7) is 0.393. The molecule has 0 radical (unpaired) electrons. The number of nitrogens with two attached hydrogens (primary N) is 1. The van der Waals surface area contributed by atoms with E-state index in [1.165, 1.54) is 0 Å². The van der Waals surface area contributed by atoms with E-state index in [0.29, 0.717) is 18.2 Å². The highest BCUT2D eigenvalue weighted by Gasteiger charge is 2.10. The van der Waals surface area contributed by atoms with E-state index in [0.717, 1.165) is 22.2 Å². The molecule has 2 N–H and O–H groups in total. The summed E-state index contributed by atoms with van der Waals surface area (Å²) in [6.07, 6.45) is 1.75. The number of pyridine rings is 1. The molecule has 0 unspecified atom stereocenters. The Morgan fingerprint density at radius 3 is 2.85 bits per heavy atom. The molecule has 20 heavy (non-hydrogen) atoms. The predicted octanol–water partition coefficient (Wildman–Crippen LogP) is 2.42. The van der Waals surface area contributed by atoms with E-state index in [1.807, 2.05) is 30.3 Å². The van der Waals surface area contributed by atoms with Crippen LogP contribution in [-0.4, -0.2) is 22.1 Å². The first-order valence-corrected chi connectivity index (χ1v) is 6.24. The van der Waals surface area contributed by atoms with Gasteiger partial charge in [-0.25, -0.2) is 9.97 Å². The van der Waals surface area contributed by atoms with Crippen molar-refractivity contribution < 1.29 is 4.74 Å². The first kappa shape index (κ1) is 12.5. The highest BCUT2D eigenvalue weighted by molar-refractivity contribution is 5.92. The number of hydrogen-bond donors (Lipinski definition) is 1. The van der Waals surface area contributed by atoms with Crippen molar-refractivity contribution in [2.75, 3.05) is 12.8 Å². The summed E-state index contributed by atoms with van der Waals surface area (Å²) in [4.78, 5) is 13.1. The molecule has 100 valence electrons. The van der Waals surface area contributed by atoms with Gasteiger partial charge in [0.1, 0.15) is 11.5 Å². The second-order valence-electron chi connectivity index (χ2n) is 4.42. The van der Waals surface area contributed by atoms with Crippen LogP contribution < -0.4 is 5.73 Å². The Balaban J connectivity index is 2.20. The van der Waals surface area contributed by atoms with Crippen molar-refractivity contribution in [3.8, 4) is 11.5 Å². The summed E-state index contributed by atoms with van der Waals surface area (Å²) in [5.41, 5.74) is 7.31. The lowest BCUT2D eigenvalue weighted by molar-refractivity contribution is 0.181. The monoisotopic (exact) mass is 266 g/mol. The number of methoxy groups -OCH3 is 1. The minimum atomic E-state index is 0.393.